The van der Waals surface area contributed by atoms with Gasteiger partial charge in [-0.3, -0.25) is 0 Å². The van der Waals surface area contributed by atoms with Gasteiger partial charge in [-0.1, -0.05) is 184 Å². The number of rotatable bonds is 14. The first kappa shape index (κ1) is 45.2. The van der Waals surface area contributed by atoms with Gasteiger partial charge in [0, 0.05) is 47.5 Å². The van der Waals surface area contributed by atoms with E-state index in [9.17, 15) is 5.02 Å². The molecule has 6 rings (SSSR count). The molecule has 2 aliphatic rings. The predicted molar refractivity (Wildman–Crippen MR) is 266 cm³/mol. The van der Waals surface area contributed by atoms with Crippen molar-refractivity contribution in [1.29, 1.82) is 0 Å². The number of benzene rings is 4. The minimum absolute atomic E-state index is 0.285. The summed E-state index contributed by atoms with van der Waals surface area (Å²) in [4.78, 5) is 9.78. The molecule has 0 saturated carbocycles. The lowest BCUT2D eigenvalue weighted by atomic mass is 9.08. The summed E-state index contributed by atoms with van der Waals surface area (Å²) >= 11 is 0. The van der Waals surface area contributed by atoms with Crippen LogP contribution in [-0.2, 0) is 0 Å². The molecule has 0 amide bonds. The summed E-state index contributed by atoms with van der Waals surface area (Å²) in [6.45, 7) is 34.9. The summed E-state index contributed by atoms with van der Waals surface area (Å²) in [5.74, 6) is 2.28. The third-order valence-corrected chi connectivity index (χ3v) is 12.9. The average Bonchev–Trinajstić information content (AvgIpc) is 3.84. The third-order valence-electron chi connectivity index (χ3n) is 12.9. The number of hydrogen-bond acceptors (Lipinski definition) is 5. The predicted octanol–water partition coefficient (Wildman–Crippen LogP) is 14.1. The maximum Gasteiger partial charge on any atom is 0.373 e. The fourth-order valence-corrected chi connectivity index (χ4v) is 9.79. The molecular formula is C52H73B3N4O. The molecule has 0 fully saturated rings. The van der Waals surface area contributed by atoms with Crippen molar-refractivity contribution in [3.8, 4) is 0 Å². The molecule has 0 aliphatic carbocycles. The Morgan fingerprint density at radius 2 is 0.467 bits per heavy atom. The summed E-state index contributed by atoms with van der Waals surface area (Å²) in [7, 11) is 0. The molecule has 0 radical (unpaired) electrons. The number of anilines is 4. The van der Waals surface area contributed by atoms with E-state index in [-0.39, 0.29) is 47.3 Å². The zero-order chi connectivity index (χ0) is 43.9. The minimum Gasteiger partial charge on any atom is -0.457 e. The molecule has 2 aliphatic heterocycles. The monoisotopic (exact) mass is 803 g/mol. The van der Waals surface area contributed by atoms with Gasteiger partial charge >= 0.3 is 20.4 Å². The molecule has 0 spiro atoms. The van der Waals surface area contributed by atoms with Crippen LogP contribution in [0.3, 0.4) is 0 Å². The Morgan fingerprint density at radius 1 is 0.317 bits per heavy atom. The molecule has 5 nitrogen and oxygen atoms in total. The smallest absolute Gasteiger partial charge is 0.373 e. The zero-order valence-electron chi connectivity index (χ0n) is 39.8. The van der Waals surface area contributed by atoms with E-state index in [2.05, 4.69) is 228 Å². The van der Waals surface area contributed by atoms with Crippen LogP contribution in [-0.4, -0.2) is 25.5 Å². The van der Waals surface area contributed by atoms with Gasteiger partial charge in [-0.2, -0.15) is 0 Å². The van der Waals surface area contributed by atoms with Gasteiger partial charge in [-0.25, -0.2) is 0 Å². The third kappa shape index (κ3) is 8.35. The van der Waals surface area contributed by atoms with E-state index in [1.165, 1.54) is 67.3 Å². The second kappa shape index (κ2) is 18.4. The van der Waals surface area contributed by atoms with Gasteiger partial charge in [0.1, 0.15) is 0 Å². The van der Waals surface area contributed by atoms with Crippen LogP contribution in [0.4, 0.5) is 22.7 Å². The van der Waals surface area contributed by atoms with Gasteiger partial charge in [-0.05, 0) is 91.9 Å². The lowest BCUT2D eigenvalue weighted by molar-refractivity contribution is 0.608. The van der Waals surface area contributed by atoms with Crippen LogP contribution in [0.2, 0.25) is 0 Å². The van der Waals surface area contributed by atoms with Crippen molar-refractivity contribution in [2.75, 3.05) is 19.2 Å². The summed E-state index contributed by atoms with van der Waals surface area (Å²) in [5, 5.41) is 14.2. The van der Waals surface area contributed by atoms with E-state index in [0.717, 1.165) is 0 Å². The summed E-state index contributed by atoms with van der Waals surface area (Å²) in [5.41, 5.74) is 15.2. The van der Waals surface area contributed by atoms with E-state index in [1.54, 1.807) is 0 Å². The van der Waals surface area contributed by atoms with Crippen LogP contribution in [0.25, 0.3) is 0 Å². The van der Waals surface area contributed by atoms with Crippen LogP contribution in [0.5, 0.6) is 0 Å². The molecule has 1 N–H and O–H groups in total. The topological polar surface area (TPSA) is 33.2 Å². The van der Waals surface area contributed by atoms with Crippen molar-refractivity contribution >= 4 is 43.2 Å². The lowest BCUT2D eigenvalue weighted by Gasteiger charge is -2.42. The molecule has 0 unspecified atom stereocenters. The number of hydrogen-bond donors (Lipinski definition) is 1. The highest BCUT2D eigenvalue weighted by molar-refractivity contribution is 7.50. The Balaban J connectivity index is 1.72. The second-order valence-electron chi connectivity index (χ2n) is 19.9. The van der Waals surface area contributed by atoms with Crippen LogP contribution in [0.1, 0.15) is 203 Å². The van der Waals surface area contributed by atoms with Gasteiger partial charge in [0.05, 0.1) is 0 Å². The Hall–Kier alpha value is -4.29. The SMILES string of the molecule is CC(C)c1cccc(C(C)C)c1N1C=CN(c2c(C(C)C)cccc2C(C)C)B1B(O)B1N(c2c(C(C)C)cccc2C(C)C)C=CN1c1c(C(C)C)cccc1C(C)C. The molecule has 0 saturated heterocycles. The number of para-hydroxylation sites is 4. The fourth-order valence-electron chi connectivity index (χ4n) is 9.79. The van der Waals surface area contributed by atoms with Gasteiger partial charge < -0.3 is 24.3 Å². The van der Waals surface area contributed by atoms with E-state index in [0.29, 0.717) is 0 Å². The Kier molecular flexibility index (Phi) is 13.8. The van der Waals surface area contributed by atoms with Gasteiger partial charge in [0.25, 0.3) is 0 Å². The maximum atomic E-state index is 14.2. The van der Waals surface area contributed by atoms with Crippen LogP contribution in [0, 0.1) is 0 Å². The largest absolute Gasteiger partial charge is 0.457 e. The first-order chi connectivity index (χ1) is 28.4. The normalized spacial score (nSPS) is 14.6. The summed E-state index contributed by atoms with van der Waals surface area (Å²) < 4.78 is 0. The van der Waals surface area contributed by atoms with E-state index in [4.69, 9.17) is 0 Å². The Bertz CT molecular complexity index is 1780. The molecule has 2 heterocycles. The van der Waals surface area contributed by atoms with Gasteiger partial charge in [0.2, 0.25) is 0 Å². The first-order valence-electron chi connectivity index (χ1n) is 23.1. The molecule has 4 aromatic carbocycles. The van der Waals surface area contributed by atoms with E-state index < -0.39 is 20.4 Å². The maximum absolute atomic E-state index is 14.2. The van der Waals surface area contributed by atoms with Crippen molar-refractivity contribution in [2.45, 2.75) is 158 Å². The molecule has 60 heavy (non-hydrogen) atoms. The number of nitrogens with zero attached hydrogens (tertiary/aromatic N) is 4. The molecule has 8 heteroatoms. The van der Waals surface area contributed by atoms with Crippen LogP contribution < -0.4 is 19.2 Å². The van der Waals surface area contributed by atoms with Crippen molar-refractivity contribution in [3.63, 3.8) is 0 Å². The van der Waals surface area contributed by atoms with Crippen molar-refractivity contribution in [1.82, 2.24) is 0 Å². The molecule has 4 aromatic rings. The highest BCUT2D eigenvalue weighted by Crippen LogP contribution is 2.46. The molecule has 316 valence electrons. The van der Waals surface area contributed by atoms with Crippen LogP contribution >= 0.6 is 0 Å². The van der Waals surface area contributed by atoms with E-state index >= 15 is 0 Å². The van der Waals surface area contributed by atoms with Gasteiger partial charge in [0.15, 0.2) is 0 Å². The standard InChI is InChI=1S/C52H73B3N4O/c1-33(2)41-21-17-22-42(34(3)4)49(41)56-29-30-57(50-43(35(5)6)23-18-24-44(50)36(7)8)54(56)53(60)55-58(51-45(37(9)10)25-19-26-46(51)38(11)12)31-32-59(55)52-47(39(13)14)27-20-28-48(52)40(15)16/h17-40,60H,1-16H3. The van der Waals surface area contributed by atoms with Crippen molar-refractivity contribution in [2.24, 2.45) is 0 Å². The van der Waals surface area contributed by atoms with Crippen molar-refractivity contribution < 1.29 is 5.02 Å². The summed E-state index contributed by atoms with van der Waals surface area (Å²) in [6.07, 6.45) is 9.07. The average molecular weight is 803 g/mol. The molecule has 0 bridgehead atoms. The van der Waals surface area contributed by atoms with E-state index in [1.807, 2.05) is 0 Å². The second-order valence-corrected chi connectivity index (χ2v) is 19.9. The zero-order valence-corrected chi connectivity index (χ0v) is 39.8. The fraction of sp³-hybridized carbons (Fsp3) is 0.462. The molecular weight excluding hydrogens is 729 g/mol. The lowest BCUT2D eigenvalue weighted by Crippen LogP contribution is -2.70. The Morgan fingerprint density at radius 3 is 0.600 bits per heavy atom. The minimum atomic E-state index is -0.907. The Labute approximate surface area is 366 Å². The van der Waals surface area contributed by atoms with Crippen LogP contribution in [0.15, 0.2) is 97.6 Å². The highest BCUT2D eigenvalue weighted by Gasteiger charge is 2.57. The molecule has 0 aromatic heterocycles. The molecule has 0 atom stereocenters. The van der Waals surface area contributed by atoms with Gasteiger partial charge in [-0.15, -0.1) is 0 Å². The first-order valence-corrected chi connectivity index (χ1v) is 23.1. The highest BCUT2D eigenvalue weighted by atomic mass is 16.2. The summed E-state index contributed by atoms with van der Waals surface area (Å²) in [6, 6.07) is 27.3. The quantitative estimate of drug-likeness (QED) is 0.128. The van der Waals surface area contributed by atoms with Crippen molar-refractivity contribution in [3.05, 3.63) is 142 Å².